The molecule has 1 aromatic rings. The van der Waals surface area contributed by atoms with E-state index < -0.39 is 0 Å². The molecule has 2 unspecified atom stereocenters. The van der Waals surface area contributed by atoms with E-state index in [1.54, 1.807) is 0 Å². The fourth-order valence-electron chi connectivity index (χ4n) is 3.34. The van der Waals surface area contributed by atoms with Gasteiger partial charge in [0.1, 0.15) is 5.84 Å². The summed E-state index contributed by atoms with van der Waals surface area (Å²) < 4.78 is 5.84. The first-order chi connectivity index (χ1) is 9.25. The van der Waals surface area contributed by atoms with E-state index in [-0.39, 0.29) is 5.84 Å². The number of rotatable bonds is 3. The summed E-state index contributed by atoms with van der Waals surface area (Å²) >= 11 is 0. The number of hydrogen-bond acceptors (Lipinski definition) is 3. The van der Waals surface area contributed by atoms with E-state index in [0.717, 1.165) is 30.8 Å². The fourth-order valence-corrected chi connectivity index (χ4v) is 3.34. The van der Waals surface area contributed by atoms with Crippen LogP contribution in [0.3, 0.4) is 0 Å². The van der Waals surface area contributed by atoms with Crippen molar-refractivity contribution < 1.29 is 4.74 Å². The van der Waals surface area contributed by atoms with Crippen LogP contribution in [0.15, 0.2) is 24.3 Å². The number of nitrogen functional groups attached to an aromatic ring is 1. The Morgan fingerprint density at radius 3 is 3.05 bits per heavy atom. The van der Waals surface area contributed by atoms with Gasteiger partial charge in [0.2, 0.25) is 0 Å². The number of morpholine rings is 1. The highest BCUT2D eigenvalue weighted by atomic mass is 16.5. The number of nitrogens with two attached hydrogens (primary N) is 1. The Hall–Kier alpha value is -1.39. The zero-order valence-electron chi connectivity index (χ0n) is 11.1. The number of fused-ring (bicyclic) bond motifs is 1. The van der Waals surface area contributed by atoms with Gasteiger partial charge in [0, 0.05) is 24.7 Å². The number of amidine groups is 1. The number of ether oxygens (including phenoxy) is 1. The number of benzene rings is 1. The molecule has 1 heterocycles. The third-order valence-corrected chi connectivity index (χ3v) is 4.28. The van der Waals surface area contributed by atoms with Crippen LogP contribution < -0.4 is 5.73 Å². The third-order valence-electron chi connectivity index (χ3n) is 4.28. The molecule has 1 saturated heterocycles. The van der Waals surface area contributed by atoms with Crippen LogP contribution in [0.4, 0.5) is 0 Å². The largest absolute Gasteiger partial charge is 0.384 e. The van der Waals surface area contributed by atoms with Crippen molar-refractivity contribution >= 4 is 5.84 Å². The lowest BCUT2D eigenvalue weighted by Gasteiger charge is -2.38. The van der Waals surface area contributed by atoms with E-state index >= 15 is 0 Å². The summed E-state index contributed by atoms with van der Waals surface area (Å²) in [6.07, 6.45) is 4.10. The Morgan fingerprint density at radius 2 is 2.21 bits per heavy atom. The smallest absolute Gasteiger partial charge is 0.123 e. The summed E-state index contributed by atoms with van der Waals surface area (Å²) in [6, 6.07) is 8.53. The Bertz CT molecular complexity index is 474. The lowest BCUT2D eigenvalue weighted by atomic mass is 10.0. The molecule has 3 N–H and O–H groups in total. The molecule has 4 heteroatoms. The van der Waals surface area contributed by atoms with Crippen molar-refractivity contribution in [3.63, 3.8) is 0 Å². The monoisotopic (exact) mass is 259 g/mol. The summed E-state index contributed by atoms with van der Waals surface area (Å²) in [5, 5.41) is 7.68. The molecule has 0 radical (unpaired) electrons. The second-order valence-electron chi connectivity index (χ2n) is 5.45. The molecule has 2 atom stereocenters. The summed E-state index contributed by atoms with van der Waals surface area (Å²) in [5.41, 5.74) is 7.69. The predicted octanol–water partition coefficient (Wildman–Crippen LogP) is 1.72. The van der Waals surface area contributed by atoms with Gasteiger partial charge in [-0.1, -0.05) is 24.3 Å². The van der Waals surface area contributed by atoms with Crippen LogP contribution in [0.5, 0.6) is 0 Å². The molecule has 1 saturated carbocycles. The normalized spacial score (nSPS) is 27.2. The van der Waals surface area contributed by atoms with Gasteiger partial charge in [0.25, 0.3) is 0 Å². The van der Waals surface area contributed by atoms with Crippen molar-refractivity contribution in [1.82, 2.24) is 4.90 Å². The topological polar surface area (TPSA) is 62.3 Å². The van der Waals surface area contributed by atoms with Crippen LogP contribution in [0.25, 0.3) is 0 Å². The van der Waals surface area contributed by atoms with Gasteiger partial charge in [-0.2, -0.15) is 0 Å². The van der Waals surface area contributed by atoms with Gasteiger partial charge in [-0.25, -0.2) is 0 Å². The van der Waals surface area contributed by atoms with Gasteiger partial charge in [-0.05, 0) is 24.8 Å². The molecule has 4 nitrogen and oxygen atoms in total. The summed E-state index contributed by atoms with van der Waals surface area (Å²) in [4.78, 5) is 2.50. The molecule has 2 fully saturated rings. The SMILES string of the molecule is N=C(N)c1ccccc1CN1CCOC2CCCC21. The molecular weight excluding hydrogens is 238 g/mol. The first-order valence-electron chi connectivity index (χ1n) is 7.03. The molecule has 0 aromatic heterocycles. The van der Waals surface area contributed by atoms with Crippen LogP contribution in [0, 0.1) is 5.41 Å². The van der Waals surface area contributed by atoms with E-state index in [2.05, 4.69) is 11.0 Å². The first-order valence-corrected chi connectivity index (χ1v) is 7.03. The first kappa shape index (κ1) is 12.6. The van der Waals surface area contributed by atoms with Crippen LogP contribution in [0.1, 0.15) is 30.4 Å². The van der Waals surface area contributed by atoms with Crippen molar-refractivity contribution in [3.8, 4) is 0 Å². The van der Waals surface area contributed by atoms with Crippen molar-refractivity contribution in [2.45, 2.75) is 38.0 Å². The molecule has 0 bridgehead atoms. The van der Waals surface area contributed by atoms with Crippen molar-refractivity contribution in [1.29, 1.82) is 5.41 Å². The maximum Gasteiger partial charge on any atom is 0.123 e. The Morgan fingerprint density at radius 1 is 1.37 bits per heavy atom. The Kier molecular flexibility index (Phi) is 3.53. The van der Waals surface area contributed by atoms with Crippen molar-refractivity contribution in [2.75, 3.05) is 13.2 Å². The Balaban J connectivity index is 1.79. The highest BCUT2D eigenvalue weighted by Gasteiger charge is 2.35. The van der Waals surface area contributed by atoms with Gasteiger partial charge in [-0.15, -0.1) is 0 Å². The van der Waals surface area contributed by atoms with E-state index in [9.17, 15) is 0 Å². The van der Waals surface area contributed by atoms with Crippen LogP contribution in [-0.2, 0) is 11.3 Å². The van der Waals surface area contributed by atoms with Crippen molar-refractivity contribution in [2.24, 2.45) is 5.73 Å². The van der Waals surface area contributed by atoms with Crippen LogP contribution in [0.2, 0.25) is 0 Å². The molecule has 19 heavy (non-hydrogen) atoms. The van der Waals surface area contributed by atoms with Crippen LogP contribution >= 0.6 is 0 Å². The van der Waals surface area contributed by atoms with E-state index in [4.69, 9.17) is 15.9 Å². The average Bonchev–Trinajstić information content (AvgIpc) is 2.88. The minimum Gasteiger partial charge on any atom is -0.384 e. The second-order valence-corrected chi connectivity index (χ2v) is 5.45. The predicted molar refractivity (Wildman–Crippen MR) is 75.2 cm³/mol. The Labute approximate surface area is 114 Å². The fraction of sp³-hybridized carbons (Fsp3) is 0.533. The molecule has 1 aliphatic heterocycles. The highest BCUT2D eigenvalue weighted by molar-refractivity contribution is 5.96. The maximum absolute atomic E-state index is 7.68. The number of hydrogen-bond donors (Lipinski definition) is 2. The molecule has 2 aliphatic rings. The zero-order valence-corrected chi connectivity index (χ0v) is 11.1. The molecule has 1 aliphatic carbocycles. The van der Waals surface area contributed by atoms with Gasteiger partial charge in [0.15, 0.2) is 0 Å². The standard InChI is InChI=1S/C15H21N3O/c16-15(17)12-5-2-1-4-11(12)10-18-8-9-19-14-7-3-6-13(14)18/h1-2,4-5,13-14H,3,6-10H2,(H3,16,17). The quantitative estimate of drug-likeness (QED) is 0.642. The lowest BCUT2D eigenvalue weighted by Crippen LogP contribution is -2.48. The molecule has 0 amide bonds. The summed E-state index contributed by atoms with van der Waals surface area (Å²) in [7, 11) is 0. The summed E-state index contributed by atoms with van der Waals surface area (Å²) in [6.45, 7) is 2.68. The lowest BCUT2D eigenvalue weighted by molar-refractivity contribution is -0.0588. The van der Waals surface area contributed by atoms with Crippen molar-refractivity contribution in [3.05, 3.63) is 35.4 Å². The number of nitrogens with one attached hydrogen (secondary N) is 1. The van der Waals surface area contributed by atoms with Gasteiger partial charge >= 0.3 is 0 Å². The van der Waals surface area contributed by atoms with Gasteiger partial charge < -0.3 is 10.5 Å². The molecule has 3 rings (SSSR count). The average molecular weight is 259 g/mol. The minimum absolute atomic E-state index is 0.159. The molecule has 102 valence electrons. The zero-order chi connectivity index (χ0) is 13.2. The third kappa shape index (κ3) is 2.51. The maximum atomic E-state index is 7.68. The van der Waals surface area contributed by atoms with Crippen LogP contribution in [-0.4, -0.2) is 36.0 Å². The number of nitrogens with zero attached hydrogens (tertiary/aromatic N) is 1. The van der Waals surface area contributed by atoms with E-state index in [0.29, 0.717) is 12.1 Å². The molecular formula is C15H21N3O. The van der Waals surface area contributed by atoms with Gasteiger partial charge in [0.05, 0.1) is 12.7 Å². The van der Waals surface area contributed by atoms with E-state index in [1.165, 1.54) is 19.3 Å². The molecule has 0 spiro atoms. The second kappa shape index (κ2) is 5.31. The minimum atomic E-state index is 0.159. The highest BCUT2D eigenvalue weighted by Crippen LogP contribution is 2.30. The van der Waals surface area contributed by atoms with E-state index in [1.807, 2.05) is 18.2 Å². The van der Waals surface area contributed by atoms with Gasteiger partial charge in [-0.3, -0.25) is 10.3 Å². The summed E-state index contributed by atoms with van der Waals surface area (Å²) in [5.74, 6) is 0.159. The molecule has 1 aromatic carbocycles.